The van der Waals surface area contributed by atoms with Gasteiger partial charge in [0, 0.05) is 5.02 Å². The van der Waals surface area contributed by atoms with Crippen LogP contribution in [0.4, 0.5) is 10.1 Å². The summed E-state index contributed by atoms with van der Waals surface area (Å²) in [6.45, 7) is 3.10. The molecule has 0 bridgehead atoms. The molecule has 0 saturated heterocycles. The van der Waals surface area contributed by atoms with Gasteiger partial charge in [0.15, 0.2) is 0 Å². The van der Waals surface area contributed by atoms with Gasteiger partial charge < -0.3 is 5.11 Å². The van der Waals surface area contributed by atoms with E-state index in [1.165, 1.54) is 25.1 Å². The second kappa shape index (κ2) is 6.17. The first-order chi connectivity index (χ1) is 10.6. The highest BCUT2D eigenvalue weighted by Gasteiger charge is 2.22. The van der Waals surface area contributed by atoms with E-state index in [1.54, 1.807) is 6.92 Å². The summed E-state index contributed by atoms with van der Waals surface area (Å²) in [5, 5.41) is 9.25. The standard InChI is InChI=1S/C15H13ClFNO4S/c1-8-5-9(2)14(7-11(8)15(19)20)23(21,22)18-13-4-3-10(16)6-12(13)17/h3-7,18H,1-2H3,(H,19,20). The Labute approximate surface area is 137 Å². The van der Waals surface area contributed by atoms with Gasteiger partial charge in [-0.2, -0.15) is 0 Å². The fraction of sp³-hybridized carbons (Fsp3) is 0.133. The van der Waals surface area contributed by atoms with E-state index in [0.29, 0.717) is 11.1 Å². The molecule has 122 valence electrons. The van der Waals surface area contributed by atoms with Gasteiger partial charge >= 0.3 is 5.97 Å². The van der Waals surface area contributed by atoms with Crippen LogP contribution in [0.5, 0.6) is 0 Å². The van der Waals surface area contributed by atoms with E-state index >= 15 is 0 Å². The van der Waals surface area contributed by atoms with Gasteiger partial charge in [-0.3, -0.25) is 4.72 Å². The maximum atomic E-state index is 13.8. The Kier molecular flexibility index (Phi) is 4.63. The monoisotopic (exact) mass is 357 g/mol. The Balaban J connectivity index is 2.51. The van der Waals surface area contributed by atoms with E-state index in [0.717, 1.165) is 12.1 Å². The van der Waals surface area contributed by atoms with Gasteiger partial charge in [0.2, 0.25) is 0 Å². The fourth-order valence-corrected chi connectivity index (χ4v) is 3.60. The van der Waals surface area contributed by atoms with Crippen molar-refractivity contribution < 1.29 is 22.7 Å². The molecule has 23 heavy (non-hydrogen) atoms. The Bertz CT molecular complexity index is 897. The number of carbonyl (C=O) groups is 1. The van der Waals surface area contributed by atoms with Crippen LogP contribution in [0.15, 0.2) is 35.2 Å². The summed E-state index contributed by atoms with van der Waals surface area (Å²) in [6, 6.07) is 6.02. The van der Waals surface area contributed by atoms with Crippen molar-refractivity contribution in [1.29, 1.82) is 0 Å². The highest BCUT2D eigenvalue weighted by Crippen LogP contribution is 2.25. The fourth-order valence-electron chi connectivity index (χ4n) is 2.12. The minimum Gasteiger partial charge on any atom is -0.478 e. The lowest BCUT2D eigenvalue weighted by atomic mass is 10.1. The zero-order valence-corrected chi connectivity index (χ0v) is 13.8. The molecule has 0 atom stereocenters. The molecule has 0 unspecified atom stereocenters. The third-order valence-corrected chi connectivity index (χ3v) is 4.96. The van der Waals surface area contributed by atoms with Crippen molar-refractivity contribution in [2.45, 2.75) is 18.7 Å². The van der Waals surface area contributed by atoms with Crippen molar-refractivity contribution in [1.82, 2.24) is 0 Å². The van der Waals surface area contributed by atoms with Crippen molar-refractivity contribution in [3.8, 4) is 0 Å². The number of benzene rings is 2. The normalized spacial score (nSPS) is 11.3. The van der Waals surface area contributed by atoms with Gasteiger partial charge in [-0.05, 0) is 49.2 Å². The minimum absolute atomic E-state index is 0.130. The average molecular weight is 358 g/mol. The van der Waals surface area contributed by atoms with Gasteiger partial charge in [-0.15, -0.1) is 0 Å². The summed E-state index contributed by atoms with van der Waals surface area (Å²) in [4.78, 5) is 10.9. The number of hydrogen-bond donors (Lipinski definition) is 2. The molecule has 8 heteroatoms. The molecule has 0 fully saturated rings. The van der Waals surface area contributed by atoms with Gasteiger partial charge in [-0.1, -0.05) is 17.7 Å². The average Bonchev–Trinajstić information content (AvgIpc) is 2.41. The lowest BCUT2D eigenvalue weighted by molar-refractivity contribution is 0.0696. The molecular formula is C15H13ClFNO4S. The van der Waals surface area contributed by atoms with E-state index in [2.05, 4.69) is 4.72 Å². The quantitative estimate of drug-likeness (QED) is 0.875. The number of anilines is 1. The van der Waals surface area contributed by atoms with Gasteiger partial charge in [-0.25, -0.2) is 17.6 Å². The zero-order chi connectivity index (χ0) is 17.4. The molecule has 0 aromatic heterocycles. The largest absolute Gasteiger partial charge is 0.478 e. The maximum absolute atomic E-state index is 13.8. The Hall–Kier alpha value is -2.12. The molecule has 0 heterocycles. The number of carboxylic acids is 1. The van der Waals surface area contributed by atoms with E-state index in [-0.39, 0.29) is 21.2 Å². The number of aryl methyl sites for hydroxylation is 2. The molecule has 0 saturated carbocycles. The molecule has 2 N–H and O–H groups in total. The lowest BCUT2D eigenvalue weighted by Crippen LogP contribution is -2.16. The molecule has 0 aliphatic heterocycles. The molecule has 5 nitrogen and oxygen atoms in total. The van der Waals surface area contributed by atoms with Gasteiger partial charge in [0.25, 0.3) is 10.0 Å². The Morgan fingerprint density at radius 2 is 1.83 bits per heavy atom. The number of nitrogens with one attached hydrogen (secondary N) is 1. The SMILES string of the molecule is Cc1cc(C)c(S(=O)(=O)Nc2ccc(Cl)cc2F)cc1C(=O)O. The molecule has 0 aliphatic rings. The van der Waals surface area contributed by atoms with Crippen LogP contribution in [0.25, 0.3) is 0 Å². The third-order valence-electron chi connectivity index (χ3n) is 3.22. The van der Waals surface area contributed by atoms with Gasteiger partial charge in [0.05, 0.1) is 16.1 Å². The topological polar surface area (TPSA) is 83.5 Å². The van der Waals surface area contributed by atoms with Crippen molar-refractivity contribution in [2.75, 3.05) is 4.72 Å². The molecule has 2 aromatic carbocycles. The summed E-state index contributed by atoms with van der Waals surface area (Å²) in [5.74, 6) is -2.07. The number of sulfonamides is 1. The molecule has 0 aliphatic carbocycles. The van der Waals surface area contributed by atoms with Gasteiger partial charge in [0.1, 0.15) is 5.82 Å². The van der Waals surface area contributed by atoms with Crippen LogP contribution in [-0.4, -0.2) is 19.5 Å². The number of hydrogen-bond acceptors (Lipinski definition) is 3. The summed E-state index contributed by atoms with van der Waals surface area (Å²) in [5.41, 5.74) is 0.389. The van der Waals surface area contributed by atoms with Crippen LogP contribution in [-0.2, 0) is 10.0 Å². The molecular weight excluding hydrogens is 345 g/mol. The second-order valence-corrected chi connectivity index (χ2v) is 7.05. The molecule has 2 rings (SSSR count). The van der Waals surface area contributed by atoms with Crippen LogP contribution in [0.2, 0.25) is 5.02 Å². The summed E-state index contributed by atoms with van der Waals surface area (Å²) >= 11 is 5.62. The van der Waals surface area contributed by atoms with E-state index in [4.69, 9.17) is 16.7 Å². The van der Waals surface area contributed by atoms with Crippen molar-refractivity contribution in [2.24, 2.45) is 0 Å². The third kappa shape index (κ3) is 3.62. The van der Waals surface area contributed by atoms with Crippen molar-refractivity contribution in [3.63, 3.8) is 0 Å². The molecule has 0 amide bonds. The van der Waals surface area contributed by atoms with E-state index < -0.39 is 21.8 Å². The predicted octanol–water partition coefficient (Wildman–Crippen LogP) is 3.59. The predicted molar refractivity (Wildman–Crippen MR) is 85.1 cm³/mol. The smallest absolute Gasteiger partial charge is 0.335 e. The van der Waals surface area contributed by atoms with E-state index in [9.17, 15) is 17.6 Å². The van der Waals surface area contributed by atoms with Crippen LogP contribution >= 0.6 is 11.6 Å². The summed E-state index contributed by atoms with van der Waals surface area (Å²) < 4.78 is 40.7. The van der Waals surface area contributed by atoms with Crippen molar-refractivity contribution >= 4 is 33.3 Å². The molecule has 2 aromatic rings. The minimum atomic E-state index is -4.15. The highest BCUT2D eigenvalue weighted by molar-refractivity contribution is 7.92. The number of halogens is 2. The summed E-state index contributed by atoms with van der Waals surface area (Å²) in [7, 11) is -4.15. The van der Waals surface area contributed by atoms with Crippen LogP contribution in [0.1, 0.15) is 21.5 Å². The first kappa shape index (κ1) is 17.2. The maximum Gasteiger partial charge on any atom is 0.335 e. The molecule has 0 radical (unpaired) electrons. The zero-order valence-electron chi connectivity index (χ0n) is 12.2. The Morgan fingerprint density at radius 3 is 2.39 bits per heavy atom. The van der Waals surface area contributed by atoms with E-state index in [1.807, 2.05) is 0 Å². The first-order valence-electron chi connectivity index (χ1n) is 6.44. The second-order valence-electron chi connectivity index (χ2n) is 4.97. The molecule has 0 spiro atoms. The van der Waals surface area contributed by atoms with Crippen molar-refractivity contribution in [3.05, 3.63) is 57.9 Å². The lowest BCUT2D eigenvalue weighted by Gasteiger charge is -2.13. The Morgan fingerprint density at radius 1 is 1.17 bits per heavy atom. The van der Waals surface area contributed by atoms with Crippen LogP contribution in [0.3, 0.4) is 0 Å². The highest BCUT2D eigenvalue weighted by atomic mass is 35.5. The number of rotatable bonds is 4. The number of aromatic carboxylic acids is 1. The first-order valence-corrected chi connectivity index (χ1v) is 8.30. The van der Waals surface area contributed by atoms with Crippen LogP contribution < -0.4 is 4.72 Å². The van der Waals surface area contributed by atoms with Crippen LogP contribution in [0, 0.1) is 19.7 Å². The number of carboxylic acid groups (broad SMARTS) is 1. The summed E-state index contributed by atoms with van der Waals surface area (Å²) in [6.07, 6.45) is 0.